The fourth-order valence-corrected chi connectivity index (χ4v) is 3.37. The van der Waals surface area contributed by atoms with Gasteiger partial charge in [-0.1, -0.05) is 42.5 Å². The standard InChI is InChI=1S/C21H16F3N3O2/c1-12-16(14-9-6-10-15(11-14)29-2)18(28)20-25-19(21(22,23)24)17(27(20)26-12)13-7-4-3-5-8-13/h3-11,26H,1-2H3. The Morgan fingerprint density at radius 3 is 2.38 bits per heavy atom. The molecule has 0 saturated heterocycles. The molecule has 2 heterocycles. The summed E-state index contributed by atoms with van der Waals surface area (Å²) in [5.74, 6) is 0.533. The van der Waals surface area contributed by atoms with Crippen molar-refractivity contribution < 1.29 is 17.9 Å². The number of nitrogens with zero attached hydrogens (tertiary/aromatic N) is 2. The van der Waals surface area contributed by atoms with Crippen molar-refractivity contribution >= 4 is 5.65 Å². The van der Waals surface area contributed by atoms with Crippen molar-refractivity contribution in [3.63, 3.8) is 0 Å². The van der Waals surface area contributed by atoms with Crippen LogP contribution in [0.2, 0.25) is 0 Å². The Morgan fingerprint density at radius 1 is 1.03 bits per heavy atom. The fourth-order valence-electron chi connectivity index (χ4n) is 3.37. The van der Waals surface area contributed by atoms with E-state index in [9.17, 15) is 18.0 Å². The first-order chi connectivity index (χ1) is 13.8. The van der Waals surface area contributed by atoms with Crippen molar-refractivity contribution in [2.24, 2.45) is 0 Å². The molecule has 0 fully saturated rings. The minimum atomic E-state index is -4.72. The van der Waals surface area contributed by atoms with E-state index in [1.54, 1.807) is 61.5 Å². The zero-order valence-electron chi connectivity index (χ0n) is 15.5. The second-order valence-corrected chi connectivity index (χ2v) is 6.50. The zero-order chi connectivity index (χ0) is 20.8. The number of aromatic amines is 1. The number of aryl methyl sites for hydroxylation is 1. The Balaban J connectivity index is 2.07. The Kier molecular flexibility index (Phi) is 4.41. The van der Waals surface area contributed by atoms with Gasteiger partial charge in [-0.3, -0.25) is 9.89 Å². The summed E-state index contributed by atoms with van der Waals surface area (Å²) in [5.41, 5.74) is -0.736. The molecule has 0 atom stereocenters. The number of aromatic nitrogens is 3. The van der Waals surface area contributed by atoms with Crippen molar-refractivity contribution in [2.75, 3.05) is 7.11 Å². The third-order valence-corrected chi connectivity index (χ3v) is 4.64. The van der Waals surface area contributed by atoms with Gasteiger partial charge in [0.2, 0.25) is 11.1 Å². The molecule has 2 aromatic heterocycles. The molecule has 5 nitrogen and oxygen atoms in total. The van der Waals surface area contributed by atoms with Crippen molar-refractivity contribution in [3.05, 3.63) is 76.2 Å². The first-order valence-corrected chi connectivity index (χ1v) is 8.73. The highest BCUT2D eigenvalue weighted by Gasteiger charge is 2.39. The smallest absolute Gasteiger partial charge is 0.435 e. The van der Waals surface area contributed by atoms with Gasteiger partial charge >= 0.3 is 6.18 Å². The monoisotopic (exact) mass is 399 g/mol. The first kappa shape index (κ1) is 18.8. The van der Waals surface area contributed by atoms with Crippen molar-refractivity contribution in [2.45, 2.75) is 13.1 Å². The van der Waals surface area contributed by atoms with Gasteiger partial charge in [0.1, 0.15) is 11.4 Å². The van der Waals surface area contributed by atoms with Crippen molar-refractivity contribution in [1.29, 1.82) is 0 Å². The van der Waals surface area contributed by atoms with E-state index in [1.807, 2.05) is 0 Å². The van der Waals surface area contributed by atoms with Crippen LogP contribution in [0.25, 0.3) is 28.0 Å². The number of alkyl halides is 3. The van der Waals surface area contributed by atoms with E-state index in [0.29, 0.717) is 22.6 Å². The van der Waals surface area contributed by atoms with E-state index < -0.39 is 17.3 Å². The number of H-pyrrole nitrogens is 1. The fraction of sp³-hybridized carbons (Fsp3) is 0.143. The molecule has 148 valence electrons. The van der Waals surface area contributed by atoms with Crippen LogP contribution in [0.15, 0.2) is 59.4 Å². The molecule has 0 spiro atoms. The van der Waals surface area contributed by atoms with E-state index in [-0.39, 0.29) is 16.9 Å². The van der Waals surface area contributed by atoms with Crippen LogP contribution >= 0.6 is 0 Å². The summed E-state index contributed by atoms with van der Waals surface area (Å²) in [4.78, 5) is 16.9. The second-order valence-electron chi connectivity index (χ2n) is 6.50. The number of halogens is 3. The van der Waals surface area contributed by atoms with E-state index in [0.717, 1.165) is 4.52 Å². The lowest BCUT2D eigenvalue weighted by Crippen LogP contribution is -2.14. The molecule has 2 aromatic carbocycles. The van der Waals surface area contributed by atoms with E-state index in [4.69, 9.17) is 4.74 Å². The molecule has 1 N–H and O–H groups in total. The van der Waals surface area contributed by atoms with E-state index in [2.05, 4.69) is 10.1 Å². The third-order valence-electron chi connectivity index (χ3n) is 4.64. The van der Waals surface area contributed by atoms with Crippen molar-refractivity contribution in [1.82, 2.24) is 14.6 Å². The second kappa shape index (κ2) is 6.80. The van der Waals surface area contributed by atoms with Crippen LogP contribution in [0.1, 0.15) is 11.4 Å². The summed E-state index contributed by atoms with van der Waals surface area (Å²) in [7, 11) is 1.50. The summed E-state index contributed by atoms with van der Waals surface area (Å²) < 4.78 is 47.5. The topological polar surface area (TPSA) is 59.4 Å². The molecular formula is C21H16F3N3O2. The maximum Gasteiger partial charge on any atom is 0.435 e. The predicted molar refractivity (Wildman–Crippen MR) is 103 cm³/mol. The average Bonchev–Trinajstić information content (AvgIpc) is 3.09. The molecule has 0 aliphatic carbocycles. The number of hydrogen-bond donors (Lipinski definition) is 1. The maximum absolute atomic E-state index is 13.7. The molecule has 0 radical (unpaired) electrons. The van der Waals surface area contributed by atoms with Crippen LogP contribution in [-0.2, 0) is 6.18 Å². The number of nitrogens with one attached hydrogen (secondary N) is 1. The lowest BCUT2D eigenvalue weighted by molar-refractivity contribution is -0.140. The van der Waals surface area contributed by atoms with Gasteiger partial charge in [-0.15, -0.1) is 0 Å². The average molecular weight is 399 g/mol. The third kappa shape index (κ3) is 3.16. The van der Waals surface area contributed by atoms with Crippen molar-refractivity contribution in [3.8, 4) is 28.1 Å². The minimum absolute atomic E-state index is 0.203. The highest BCUT2D eigenvalue weighted by atomic mass is 19.4. The quantitative estimate of drug-likeness (QED) is 0.544. The molecule has 0 amide bonds. The van der Waals surface area contributed by atoms with Gasteiger partial charge in [-0.05, 0) is 24.6 Å². The van der Waals surface area contributed by atoms with Crippen LogP contribution in [0.3, 0.4) is 0 Å². The molecular weight excluding hydrogens is 383 g/mol. The highest BCUT2D eigenvalue weighted by molar-refractivity contribution is 5.74. The number of hydrogen-bond acceptors (Lipinski definition) is 3. The largest absolute Gasteiger partial charge is 0.497 e. The van der Waals surface area contributed by atoms with Gasteiger partial charge in [-0.2, -0.15) is 13.2 Å². The first-order valence-electron chi connectivity index (χ1n) is 8.73. The van der Waals surface area contributed by atoms with Crippen LogP contribution in [0, 0.1) is 6.92 Å². The number of rotatable bonds is 3. The van der Waals surface area contributed by atoms with Crippen LogP contribution in [0.5, 0.6) is 5.75 Å². The SMILES string of the molecule is COc1cccc(-c2c(C)[nH]n3c(-c4ccccc4)c(C(F)(F)F)nc3c2=O)c1. The molecule has 0 bridgehead atoms. The Hall–Kier alpha value is -3.55. The molecule has 4 aromatic rings. The number of benzene rings is 2. The van der Waals surface area contributed by atoms with Gasteiger partial charge in [-0.25, -0.2) is 9.50 Å². The predicted octanol–water partition coefficient (Wildman–Crippen LogP) is 4.69. The summed E-state index contributed by atoms with van der Waals surface area (Å²) in [6.07, 6.45) is -4.72. The molecule has 8 heteroatoms. The van der Waals surface area contributed by atoms with Crippen LogP contribution in [-0.4, -0.2) is 21.7 Å². The number of fused-ring (bicyclic) bond motifs is 1. The zero-order valence-corrected chi connectivity index (χ0v) is 15.5. The number of methoxy groups -OCH3 is 1. The molecule has 4 rings (SSSR count). The molecule has 0 aliphatic rings. The van der Waals surface area contributed by atoms with Gasteiger partial charge in [0.05, 0.1) is 12.7 Å². The summed E-state index contributed by atoms with van der Waals surface area (Å²) in [5, 5.41) is 2.91. The van der Waals surface area contributed by atoms with Gasteiger partial charge in [0, 0.05) is 11.3 Å². The summed E-state index contributed by atoms with van der Waals surface area (Å²) >= 11 is 0. The van der Waals surface area contributed by atoms with E-state index >= 15 is 0 Å². The molecule has 29 heavy (non-hydrogen) atoms. The Morgan fingerprint density at radius 2 is 1.72 bits per heavy atom. The highest BCUT2D eigenvalue weighted by Crippen LogP contribution is 2.37. The lowest BCUT2D eigenvalue weighted by Gasteiger charge is -2.11. The van der Waals surface area contributed by atoms with Gasteiger partial charge in [0.25, 0.3) is 0 Å². The molecule has 0 saturated carbocycles. The number of imidazole rings is 1. The normalized spacial score (nSPS) is 11.8. The van der Waals surface area contributed by atoms with Crippen LogP contribution in [0.4, 0.5) is 13.2 Å². The van der Waals surface area contributed by atoms with Gasteiger partial charge in [0.15, 0.2) is 5.69 Å². The summed E-state index contributed by atoms with van der Waals surface area (Å²) in [6.45, 7) is 1.64. The minimum Gasteiger partial charge on any atom is -0.497 e. The van der Waals surface area contributed by atoms with Gasteiger partial charge < -0.3 is 4.74 Å². The Labute approximate surface area is 163 Å². The molecule has 0 unspecified atom stereocenters. The summed E-state index contributed by atoms with van der Waals surface area (Å²) in [6, 6.07) is 14.8. The van der Waals surface area contributed by atoms with E-state index in [1.165, 1.54) is 7.11 Å². The Bertz CT molecular complexity index is 1260. The van der Waals surface area contributed by atoms with Crippen LogP contribution < -0.4 is 10.2 Å². The number of ether oxygens (including phenoxy) is 1. The maximum atomic E-state index is 13.7. The molecule has 0 aliphatic heterocycles. The lowest BCUT2D eigenvalue weighted by atomic mass is 10.0.